The number of aromatic amines is 1. The molecule has 150 heavy (non-hydrogen) atoms. The number of benzene rings is 8. The largest absolute Gasteiger partial charge is 0.496 e. The predicted octanol–water partition coefficient (Wildman–Crippen LogP) is 22.2. The molecular formula is C109H137BrCl2N22O11P4S. The number of halogens is 3. The lowest BCUT2D eigenvalue weighted by molar-refractivity contribution is 0.208. The van der Waals surface area contributed by atoms with Crippen molar-refractivity contribution in [2.24, 2.45) is 0 Å². The first-order valence-corrected chi connectivity index (χ1v) is 63.6. The Bertz CT molecular complexity index is 7350. The van der Waals surface area contributed by atoms with Crippen molar-refractivity contribution in [2.45, 2.75) is 107 Å². The number of ether oxygens (including phenoxy) is 5. The van der Waals surface area contributed by atoms with E-state index < -0.39 is 43.7 Å². The van der Waals surface area contributed by atoms with Gasteiger partial charge in [0.1, 0.15) is 90.5 Å². The number of hydrogen-bond acceptors (Lipinski definition) is 32. The minimum absolute atomic E-state index is 0.189. The van der Waals surface area contributed by atoms with E-state index in [4.69, 9.17) is 56.9 Å². The van der Waals surface area contributed by atoms with Crippen LogP contribution in [0.25, 0.3) is 17.1 Å². The highest BCUT2D eigenvalue weighted by atomic mass is 79.9. The van der Waals surface area contributed by atoms with Gasteiger partial charge in [-0.15, -0.1) is 0 Å². The quantitative estimate of drug-likeness (QED) is 0.0177. The van der Waals surface area contributed by atoms with E-state index in [1.54, 1.807) is 150 Å². The summed E-state index contributed by atoms with van der Waals surface area (Å²) in [7, 11) is -0.956. The van der Waals surface area contributed by atoms with Crippen LogP contribution in [-0.2, 0) is 40.9 Å². The number of rotatable bonds is 33. The number of hydrogen-bond donors (Lipinski definition) is 8. The number of para-hydroxylation sites is 3. The van der Waals surface area contributed by atoms with E-state index in [1.807, 2.05) is 78.9 Å². The molecule has 1 aliphatic carbocycles. The highest BCUT2D eigenvalue weighted by Gasteiger charge is 2.32. The molecular weight excluding hydrogens is 2100 g/mol. The van der Waals surface area contributed by atoms with Gasteiger partial charge in [0.05, 0.1) is 109 Å². The fourth-order valence-corrected chi connectivity index (χ4v) is 24.8. The predicted molar refractivity (Wildman–Crippen MR) is 623 cm³/mol. The SMILES string of the molecule is COc1cc(N2CCC(N(C)C)CC2)ccc1Nc1ncc(Cl)c(Nc2ccccc2P(C)(C)=O)n1.COc1cc(N2CCC(N3CCCC3)CC2)ccc1Nc1ncc(Cl)c(Nc2ccc(P(C)(C)=O)cc2OC)n1.COc1cc(N2CCN(C(C)C)CC2)ccc1Cc1nc2c(c(Nc3ccccc3P(C)(C)=O)n1)C=CC2.COc1cc(P(C)(C)=O)ccc1Nc1nc(Nc2ccccc2S(=O)(=O)C(C)C)c2c(Br)c[nH]c2n1. The van der Waals surface area contributed by atoms with Crippen LogP contribution in [0.1, 0.15) is 88.9 Å². The summed E-state index contributed by atoms with van der Waals surface area (Å²) in [6, 6.07) is 53.4. The summed E-state index contributed by atoms with van der Waals surface area (Å²) in [5.41, 5.74) is 11.8. The Morgan fingerprint density at radius 2 is 0.893 bits per heavy atom. The van der Waals surface area contributed by atoms with E-state index >= 15 is 0 Å². The molecule has 8 aromatic carbocycles. The Hall–Kier alpha value is -11.8. The number of piperazine rings is 1. The van der Waals surface area contributed by atoms with Gasteiger partial charge in [-0.3, -0.25) is 4.90 Å². The maximum absolute atomic E-state index is 13.0. The van der Waals surface area contributed by atoms with Crippen molar-refractivity contribution < 1.29 is 50.4 Å². The molecule has 41 heteroatoms. The van der Waals surface area contributed by atoms with Crippen molar-refractivity contribution >= 4 is 214 Å². The van der Waals surface area contributed by atoms with Crippen LogP contribution in [-0.4, -0.2) is 260 Å². The van der Waals surface area contributed by atoms with Crippen LogP contribution in [0.4, 0.5) is 98.0 Å². The lowest BCUT2D eigenvalue weighted by Gasteiger charge is -2.38. The van der Waals surface area contributed by atoms with Crippen LogP contribution >= 0.6 is 67.7 Å². The topological polar surface area (TPSA) is 371 Å². The number of anilines is 17. The van der Waals surface area contributed by atoms with Crippen molar-refractivity contribution in [3.63, 3.8) is 0 Å². The Balaban J connectivity index is 0.000000150. The molecule has 13 aromatic rings. The first-order chi connectivity index (χ1) is 71.5. The summed E-state index contributed by atoms with van der Waals surface area (Å²) in [5.74, 6) is 7.05. The van der Waals surface area contributed by atoms with Crippen molar-refractivity contribution in [1.82, 2.24) is 59.6 Å². The molecule has 0 saturated carbocycles. The van der Waals surface area contributed by atoms with E-state index in [9.17, 15) is 26.7 Å². The number of likely N-dealkylation sites (tertiary alicyclic amines) is 1. The highest BCUT2D eigenvalue weighted by molar-refractivity contribution is 9.10. The molecule has 0 radical (unpaired) electrons. The van der Waals surface area contributed by atoms with Gasteiger partial charge in [0.25, 0.3) is 0 Å². The molecule has 796 valence electrons. The Labute approximate surface area is 899 Å². The lowest BCUT2D eigenvalue weighted by Crippen LogP contribution is -2.48. The van der Waals surface area contributed by atoms with Crippen LogP contribution in [0.3, 0.4) is 0 Å². The molecule has 0 atom stereocenters. The zero-order valence-electron chi connectivity index (χ0n) is 88.6. The maximum atomic E-state index is 13.0. The molecule has 0 unspecified atom stereocenters. The summed E-state index contributed by atoms with van der Waals surface area (Å²) in [4.78, 5) is 55.0. The first kappa shape index (κ1) is 112. The third-order valence-electron chi connectivity index (χ3n) is 27.2. The van der Waals surface area contributed by atoms with Gasteiger partial charge < -0.3 is 109 Å². The molecule has 4 aliphatic heterocycles. The molecule has 0 amide bonds. The standard InChI is InChI=1S/C30H38N5O2P.C29H38ClN6O3P.C26H34ClN6O2P.C24H27BrN5O4PS/c1-21(2)34-15-17-35(18-16-34)23-14-13-22(27(20-23)37-3)19-29-31-25-11-8-9-24(25)30(33-29)32-26-10-6-7-12-28(26)38(4,5)36;1-38-26-17-21(36-15-11-20(12-16-36)35-13-5-6-14-35)7-9-25(26)33-29-31-19-23(30)28(34-29)32-24-10-8-22(40(3,4)37)18-27(24)39-2;1-32(2)18-12-14-33(15-13-18)19-10-11-21(23(16-19)35-3)30-26-28-17-20(27)25(31-26)29-22-8-6-7-9-24(22)36(4,5)34;1-14(2)36(32,33)20-9-7-6-8-18(20)27-23-21-16(25)13-26-22(21)29-24(30-23)28-17-11-10-15(35(4,5)31)12-19(17)34-3/h6-10,12-14,20-21H,11,15-19H2,1-5H3,(H,31,32,33);7-10,17-20H,5-6,11-16H2,1-4H3,(H2,31,32,33,34);6-11,16-18H,12-15H2,1-5H3,(H2,28,29,30,31);6-14H,1-5H3,(H3,26,27,28,29,30). The van der Waals surface area contributed by atoms with Gasteiger partial charge in [-0.1, -0.05) is 77.8 Å². The van der Waals surface area contributed by atoms with E-state index in [2.05, 4.69) is 194 Å². The molecule has 9 heterocycles. The van der Waals surface area contributed by atoms with Gasteiger partial charge in [-0.25, -0.2) is 28.4 Å². The van der Waals surface area contributed by atoms with Gasteiger partial charge in [0, 0.05) is 162 Å². The monoisotopic (exact) mass is 2230 g/mol. The number of nitrogens with one attached hydrogen (secondary N) is 8. The summed E-state index contributed by atoms with van der Waals surface area (Å²) in [5, 5.41) is 26.6. The molecule has 33 nitrogen and oxygen atoms in total. The van der Waals surface area contributed by atoms with E-state index in [1.165, 1.54) is 64.0 Å². The smallest absolute Gasteiger partial charge is 0.231 e. The lowest BCUT2D eigenvalue weighted by atomic mass is 10.0. The molecule has 18 rings (SSSR count). The number of sulfone groups is 1. The number of methoxy groups -OCH3 is 5. The van der Waals surface area contributed by atoms with Crippen LogP contribution in [0.15, 0.2) is 198 Å². The van der Waals surface area contributed by atoms with Crippen molar-refractivity contribution in [2.75, 3.05) is 220 Å². The van der Waals surface area contributed by atoms with Crippen LogP contribution < -0.4 is 96.8 Å². The van der Waals surface area contributed by atoms with E-state index in [0.29, 0.717) is 126 Å². The number of aromatic nitrogens is 9. The summed E-state index contributed by atoms with van der Waals surface area (Å²) < 4.78 is 106. The molecule has 0 bridgehead atoms. The third kappa shape index (κ3) is 28.0. The summed E-state index contributed by atoms with van der Waals surface area (Å²) in [6.45, 7) is 32.5. The van der Waals surface area contributed by atoms with Crippen LogP contribution in [0, 0.1) is 0 Å². The molecule has 5 aliphatic rings. The third-order valence-corrected chi connectivity index (χ3v) is 36.8. The Kier molecular flexibility index (Phi) is 36.9. The number of allylic oxidation sites excluding steroid dienone is 1. The summed E-state index contributed by atoms with van der Waals surface area (Å²) in [6.07, 6.45) is 17.7. The normalized spacial score (nSPS) is 14.9. The van der Waals surface area contributed by atoms with Crippen molar-refractivity contribution in [3.8, 4) is 28.7 Å². The average molecular weight is 2240 g/mol. The molecule has 0 spiro atoms. The average Bonchev–Trinajstić information content (AvgIpc) is 1.56. The molecule has 5 aromatic heterocycles. The zero-order chi connectivity index (χ0) is 107. The molecule has 8 N–H and O–H groups in total. The second-order valence-corrected chi connectivity index (χ2v) is 56.8. The fourth-order valence-electron chi connectivity index (χ4n) is 18.7. The summed E-state index contributed by atoms with van der Waals surface area (Å²) >= 11 is 16.3. The molecule has 4 fully saturated rings. The number of nitrogens with zero attached hydrogens (tertiary/aromatic N) is 14. The molecule has 4 saturated heterocycles. The number of piperidine rings is 2. The Morgan fingerprint density at radius 1 is 0.460 bits per heavy atom. The van der Waals surface area contributed by atoms with Crippen molar-refractivity contribution in [1.29, 1.82) is 0 Å². The van der Waals surface area contributed by atoms with Crippen LogP contribution in [0.2, 0.25) is 10.0 Å². The maximum Gasteiger partial charge on any atom is 0.231 e. The highest BCUT2D eigenvalue weighted by Crippen LogP contribution is 2.47. The number of H-pyrrole nitrogens is 1. The first-order valence-electron chi connectivity index (χ1n) is 50.1. The van der Waals surface area contributed by atoms with Gasteiger partial charge in [-0.2, -0.15) is 19.9 Å². The second-order valence-electron chi connectivity index (χ2n) is 39.9. The van der Waals surface area contributed by atoms with E-state index in [-0.39, 0.29) is 10.8 Å². The van der Waals surface area contributed by atoms with Gasteiger partial charge in [0.15, 0.2) is 21.5 Å². The second kappa shape index (κ2) is 49.3. The van der Waals surface area contributed by atoms with Gasteiger partial charge >= 0.3 is 0 Å². The minimum Gasteiger partial charge on any atom is -0.496 e. The minimum atomic E-state index is -3.54. The van der Waals surface area contributed by atoms with Crippen LogP contribution in [0.5, 0.6) is 28.7 Å². The van der Waals surface area contributed by atoms with E-state index in [0.717, 1.165) is 155 Å². The van der Waals surface area contributed by atoms with Gasteiger partial charge in [0.2, 0.25) is 17.8 Å². The van der Waals surface area contributed by atoms with Gasteiger partial charge in [-0.05, 0) is 266 Å². The number of fused-ring (bicyclic) bond motifs is 2. The van der Waals surface area contributed by atoms with Crippen molar-refractivity contribution in [3.05, 3.63) is 226 Å². The fraction of sp³-hybridized carbons (Fsp3) is 0.376. The Morgan fingerprint density at radius 3 is 1.39 bits per heavy atom. The zero-order valence-corrected chi connectivity index (χ0v) is 96.1.